The van der Waals surface area contributed by atoms with E-state index in [-0.39, 0.29) is 27.8 Å². The van der Waals surface area contributed by atoms with E-state index in [1.54, 1.807) is 11.8 Å². The maximum absolute atomic E-state index is 10.9. The molecule has 0 bridgehead atoms. The van der Waals surface area contributed by atoms with E-state index in [4.69, 9.17) is 0 Å². The van der Waals surface area contributed by atoms with Crippen LogP contribution in [-0.2, 0) is 10.8 Å². The van der Waals surface area contributed by atoms with Gasteiger partial charge in [-0.05, 0) is 47.3 Å². The first kappa shape index (κ1) is 24.3. The zero-order valence-corrected chi connectivity index (χ0v) is 21.4. The van der Waals surface area contributed by atoms with Crippen LogP contribution in [0.2, 0.25) is 0 Å². The summed E-state index contributed by atoms with van der Waals surface area (Å²) < 4.78 is 0. The van der Waals surface area contributed by atoms with Crippen molar-refractivity contribution in [3.05, 3.63) is 28.8 Å². The van der Waals surface area contributed by atoms with E-state index in [0.29, 0.717) is 5.75 Å². The summed E-state index contributed by atoms with van der Waals surface area (Å²) in [5, 5.41) is 21.2. The first-order chi connectivity index (χ1) is 13.0. The van der Waals surface area contributed by atoms with E-state index in [1.807, 2.05) is 0 Å². The fourth-order valence-electron chi connectivity index (χ4n) is 3.73. The van der Waals surface area contributed by atoms with Gasteiger partial charge in [-0.3, -0.25) is 0 Å². The number of hydrogen-bond acceptors (Lipinski definition) is 5. The minimum atomic E-state index is -0.138. The molecule has 1 N–H and O–H groups in total. The van der Waals surface area contributed by atoms with Gasteiger partial charge in [0, 0.05) is 30.0 Å². The molecular formula is C23H36BrN3OS. The number of aromatic hydroxyl groups is 1. The van der Waals surface area contributed by atoms with Gasteiger partial charge < -0.3 is 10.0 Å². The Morgan fingerprint density at radius 2 is 1.48 bits per heavy atom. The highest BCUT2D eigenvalue weighted by atomic mass is 79.9. The molecule has 1 aromatic rings. The third kappa shape index (κ3) is 5.57. The van der Waals surface area contributed by atoms with Crippen LogP contribution in [0.15, 0.2) is 22.3 Å². The normalized spacial score (nSPS) is 18.8. The molecule has 0 amide bonds. The van der Waals surface area contributed by atoms with Crippen LogP contribution < -0.4 is 0 Å². The highest BCUT2D eigenvalue weighted by Crippen LogP contribution is 2.40. The maximum Gasteiger partial charge on any atom is 0.186 e. The summed E-state index contributed by atoms with van der Waals surface area (Å²) in [6.45, 7) is 17.3. The Labute approximate surface area is 191 Å². The molecule has 3 rings (SSSR count). The van der Waals surface area contributed by atoms with Gasteiger partial charge >= 0.3 is 0 Å². The molecule has 1 fully saturated rings. The lowest BCUT2D eigenvalue weighted by Gasteiger charge is -2.33. The minimum Gasteiger partial charge on any atom is -0.507 e. The lowest BCUT2D eigenvalue weighted by Crippen LogP contribution is -2.37. The van der Waals surface area contributed by atoms with Crippen LogP contribution in [0.3, 0.4) is 0 Å². The Bertz CT molecular complexity index is 762. The summed E-state index contributed by atoms with van der Waals surface area (Å²) >= 11 is 1.79. The SMILES string of the molecule is Br.CC1CCN(C2=NN=C(c3cc(C(C)(C)C)c(O)c(C(C)(C)C)c3)CS2)CC1. The highest BCUT2D eigenvalue weighted by Gasteiger charge is 2.28. The summed E-state index contributed by atoms with van der Waals surface area (Å²) in [7, 11) is 0. The molecule has 0 saturated carbocycles. The first-order valence-corrected chi connectivity index (χ1v) is 11.4. The van der Waals surface area contributed by atoms with Gasteiger partial charge in [-0.1, -0.05) is 60.2 Å². The molecule has 29 heavy (non-hydrogen) atoms. The van der Waals surface area contributed by atoms with Crippen LogP contribution in [0.1, 0.15) is 78.0 Å². The minimum absolute atomic E-state index is 0. The van der Waals surface area contributed by atoms with Crippen LogP contribution in [0.25, 0.3) is 0 Å². The quantitative estimate of drug-likeness (QED) is 0.526. The Morgan fingerprint density at radius 3 is 1.90 bits per heavy atom. The van der Waals surface area contributed by atoms with E-state index in [0.717, 1.165) is 52.3 Å². The van der Waals surface area contributed by atoms with E-state index in [1.165, 1.54) is 12.8 Å². The average Bonchev–Trinajstić information content (AvgIpc) is 2.61. The number of rotatable bonds is 1. The molecule has 0 aromatic heterocycles. The number of benzene rings is 1. The van der Waals surface area contributed by atoms with Gasteiger partial charge in [0.25, 0.3) is 0 Å². The first-order valence-electron chi connectivity index (χ1n) is 10.4. The number of phenols is 1. The molecule has 0 atom stereocenters. The third-order valence-electron chi connectivity index (χ3n) is 5.71. The topological polar surface area (TPSA) is 48.2 Å². The van der Waals surface area contributed by atoms with Crippen molar-refractivity contribution in [3.63, 3.8) is 0 Å². The lowest BCUT2D eigenvalue weighted by atomic mass is 9.78. The van der Waals surface area contributed by atoms with Crippen molar-refractivity contribution in [2.75, 3.05) is 18.8 Å². The van der Waals surface area contributed by atoms with Crippen molar-refractivity contribution in [2.45, 2.75) is 72.1 Å². The van der Waals surface area contributed by atoms with Crippen LogP contribution >= 0.6 is 28.7 Å². The van der Waals surface area contributed by atoms with Gasteiger partial charge in [0.15, 0.2) is 5.17 Å². The van der Waals surface area contributed by atoms with Crippen LogP contribution in [0.5, 0.6) is 5.75 Å². The van der Waals surface area contributed by atoms with Gasteiger partial charge in [0.2, 0.25) is 0 Å². The Hall–Kier alpha value is -1.01. The van der Waals surface area contributed by atoms with Gasteiger partial charge in [-0.25, -0.2) is 0 Å². The smallest absolute Gasteiger partial charge is 0.186 e. The zero-order chi connectivity index (χ0) is 20.7. The summed E-state index contributed by atoms with van der Waals surface area (Å²) in [5.41, 5.74) is 3.75. The van der Waals surface area contributed by atoms with Crippen LogP contribution in [-0.4, -0.2) is 39.7 Å². The summed E-state index contributed by atoms with van der Waals surface area (Å²) in [4.78, 5) is 2.38. The number of nitrogens with zero attached hydrogens (tertiary/aromatic N) is 3. The molecular weight excluding hydrogens is 446 g/mol. The standard InChI is InChI=1S/C23H35N3OS.BrH/c1-15-8-10-26(11-9-15)21-25-24-19(14-28-21)16-12-17(22(2,3)4)20(27)18(13-16)23(5,6)7;/h12-13,15,27H,8-11,14H2,1-7H3;1H. The van der Waals surface area contributed by atoms with Crippen molar-refractivity contribution in [1.29, 1.82) is 0 Å². The van der Waals surface area contributed by atoms with Crippen molar-refractivity contribution >= 4 is 39.6 Å². The molecule has 0 aliphatic carbocycles. The number of piperidine rings is 1. The Kier molecular flexibility index (Phi) is 7.54. The second kappa shape index (κ2) is 9.01. The maximum atomic E-state index is 10.9. The summed E-state index contributed by atoms with van der Waals surface area (Å²) in [5.74, 6) is 2.05. The number of amidine groups is 1. The fourth-order valence-corrected chi connectivity index (χ4v) is 4.69. The van der Waals surface area contributed by atoms with E-state index >= 15 is 0 Å². The van der Waals surface area contributed by atoms with E-state index in [2.05, 4.69) is 75.7 Å². The van der Waals surface area contributed by atoms with E-state index in [9.17, 15) is 5.11 Å². The predicted octanol–water partition coefficient (Wildman–Crippen LogP) is 6.10. The van der Waals surface area contributed by atoms with Gasteiger partial charge in [0.1, 0.15) is 5.75 Å². The molecule has 0 unspecified atom stereocenters. The number of likely N-dealkylation sites (tertiary alicyclic amines) is 1. The molecule has 2 heterocycles. The number of hydrogen-bond donors (Lipinski definition) is 1. The Balaban J connectivity index is 0.00000300. The summed E-state index contributed by atoms with van der Waals surface area (Å²) in [6, 6.07) is 4.21. The number of phenolic OH excluding ortho intramolecular Hbond substituents is 1. The second-order valence-corrected chi connectivity index (χ2v) is 11.2. The largest absolute Gasteiger partial charge is 0.507 e. The Morgan fingerprint density at radius 1 is 0.966 bits per heavy atom. The van der Waals surface area contributed by atoms with Crippen LogP contribution in [0.4, 0.5) is 0 Å². The van der Waals surface area contributed by atoms with Gasteiger partial charge in [-0.2, -0.15) is 5.10 Å². The van der Waals surface area contributed by atoms with Crippen molar-refractivity contribution in [3.8, 4) is 5.75 Å². The van der Waals surface area contributed by atoms with Crippen molar-refractivity contribution in [1.82, 2.24) is 4.90 Å². The van der Waals surface area contributed by atoms with Crippen LogP contribution in [0, 0.1) is 5.92 Å². The molecule has 1 aromatic carbocycles. The summed E-state index contributed by atoms with van der Waals surface area (Å²) in [6.07, 6.45) is 2.47. The highest BCUT2D eigenvalue weighted by molar-refractivity contribution is 8.93. The molecule has 6 heteroatoms. The average molecular weight is 483 g/mol. The second-order valence-electron chi connectivity index (χ2n) is 10.3. The molecule has 4 nitrogen and oxygen atoms in total. The molecule has 1 saturated heterocycles. The molecule has 2 aliphatic rings. The molecule has 2 aliphatic heterocycles. The lowest BCUT2D eigenvalue weighted by molar-refractivity contribution is 0.284. The van der Waals surface area contributed by atoms with Gasteiger partial charge in [0.05, 0.1) is 5.71 Å². The predicted molar refractivity (Wildman–Crippen MR) is 132 cm³/mol. The fraction of sp³-hybridized carbons (Fsp3) is 0.652. The number of halogens is 1. The zero-order valence-electron chi connectivity index (χ0n) is 18.9. The third-order valence-corrected chi connectivity index (χ3v) is 6.72. The van der Waals surface area contributed by atoms with Crippen molar-refractivity contribution < 1.29 is 5.11 Å². The number of thioether (sulfide) groups is 1. The monoisotopic (exact) mass is 481 g/mol. The van der Waals surface area contributed by atoms with Crippen molar-refractivity contribution in [2.24, 2.45) is 16.1 Å². The molecule has 162 valence electrons. The van der Waals surface area contributed by atoms with E-state index < -0.39 is 0 Å². The molecule has 0 radical (unpaired) electrons. The molecule has 0 spiro atoms. The van der Waals surface area contributed by atoms with Gasteiger partial charge in [-0.15, -0.1) is 22.1 Å².